The van der Waals surface area contributed by atoms with E-state index < -0.39 is 34.6 Å². The lowest BCUT2D eigenvalue weighted by Crippen LogP contribution is -2.62. The Morgan fingerprint density at radius 2 is 1.81 bits per heavy atom. The Morgan fingerprint density at radius 3 is 2.37 bits per heavy atom. The topological polar surface area (TPSA) is 95.0 Å². The smallest absolute Gasteiger partial charge is 0.324 e. The number of hydrogen-bond acceptors (Lipinski definition) is 5. The van der Waals surface area contributed by atoms with Crippen molar-refractivity contribution in [3.63, 3.8) is 0 Å². The van der Waals surface area contributed by atoms with Gasteiger partial charge in [0.05, 0.1) is 17.5 Å². The molecule has 2 atom stereocenters. The van der Waals surface area contributed by atoms with E-state index in [9.17, 15) is 23.1 Å². The number of piperazine rings is 1. The van der Waals surface area contributed by atoms with E-state index in [2.05, 4.69) is 0 Å². The number of carboxylic acids is 1. The lowest BCUT2D eigenvalue weighted by atomic mass is 10.0. The summed E-state index contributed by atoms with van der Waals surface area (Å²) in [6.07, 6.45) is 1.62. The summed E-state index contributed by atoms with van der Waals surface area (Å²) in [6.45, 7) is -0.466. The number of carbonyl (C=O) groups is 2. The van der Waals surface area contributed by atoms with Gasteiger partial charge in [-0.25, -0.2) is 8.42 Å². The van der Waals surface area contributed by atoms with Crippen LogP contribution in [0.3, 0.4) is 0 Å². The van der Waals surface area contributed by atoms with Crippen molar-refractivity contribution in [2.45, 2.75) is 35.9 Å². The van der Waals surface area contributed by atoms with Crippen LogP contribution in [0.15, 0.2) is 52.7 Å². The van der Waals surface area contributed by atoms with Gasteiger partial charge in [0.1, 0.15) is 6.04 Å². The van der Waals surface area contributed by atoms with Gasteiger partial charge in [-0.3, -0.25) is 9.59 Å². The van der Waals surface area contributed by atoms with E-state index >= 15 is 0 Å². The van der Waals surface area contributed by atoms with Crippen LogP contribution in [0.4, 0.5) is 0 Å². The van der Waals surface area contributed by atoms with Crippen molar-refractivity contribution < 1.29 is 23.1 Å². The van der Waals surface area contributed by atoms with E-state index in [1.807, 2.05) is 0 Å². The van der Waals surface area contributed by atoms with Crippen LogP contribution in [-0.2, 0) is 19.6 Å². The van der Waals surface area contributed by atoms with Crippen molar-refractivity contribution in [2.75, 3.05) is 6.54 Å². The molecule has 2 heterocycles. The highest BCUT2D eigenvalue weighted by Crippen LogP contribution is 2.43. The summed E-state index contributed by atoms with van der Waals surface area (Å²) >= 11 is 1.33. The van der Waals surface area contributed by atoms with Crippen molar-refractivity contribution in [3.8, 4) is 0 Å². The molecule has 2 aliphatic rings. The molecule has 1 aromatic heterocycles. The van der Waals surface area contributed by atoms with Crippen molar-refractivity contribution in [1.29, 1.82) is 0 Å². The Labute approximate surface area is 160 Å². The molecule has 9 heteroatoms. The van der Waals surface area contributed by atoms with E-state index in [1.165, 1.54) is 23.5 Å². The normalized spacial score (nSPS) is 24.1. The van der Waals surface area contributed by atoms with Crippen molar-refractivity contribution in [1.82, 2.24) is 9.21 Å². The highest BCUT2D eigenvalue weighted by atomic mass is 32.2. The summed E-state index contributed by atoms with van der Waals surface area (Å²) in [4.78, 5) is 27.3. The number of thiophene rings is 1. The minimum absolute atomic E-state index is 0.0196. The summed E-state index contributed by atoms with van der Waals surface area (Å²) in [5, 5.41) is 11.8. The molecule has 7 nitrogen and oxygen atoms in total. The van der Waals surface area contributed by atoms with Crippen molar-refractivity contribution in [3.05, 3.63) is 52.7 Å². The predicted molar refractivity (Wildman–Crippen MR) is 98.7 cm³/mol. The van der Waals surface area contributed by atoms with Gasteiger partial charge in [-0.2, -0.15) is 4.31 Å². The number of sulfonamides is 1. The van der Waals surface area contributed by atoms with Gasteiger partial charge in [-0.1, -0.05) is 24.3 Å². The Balaban J connectivity index is 1.83. The van der Waals surface area contributed by atoms with Gasteiger partial charge in [0.25, 0.3) is 0 Å². The standard InChI is InChI=1S/C18H18N2O5S2/c21-15-11-19(27(24,25)13-5-2-1-3-6-13)17(18(22)23)16(14-7-4-10-26-14)20(15)12-8-9-12/h1-7,10,12,16-17H,8-9,11H2,(H,22,23)/t16-,17+/m1/s1. The molecular weight excluding hydrogens is 388 g/mol. The molecule has 27 heavy (non-hydrogen) atoms. The predicted octanol–water partition coefficient (Wildman–Crippen LogP) is 1.94. The molecule has 1 N–H and O–H groups in total. The Bertz CT molecular complexity index is 955. The minimum atomic E-state index is -4.13. The van der Waals surface area contributed by atoms with Gasteiger partial charge in [0.2, 0.25) is 15.9 Å². The molecule has 1 saturated carbocycles. The molecular formula is C18H18N2O5S2. The molecule has 2 aromatic rings. The first-order valence-corrected chi connectivity index (χ1v) is 10.9. The molecule has 142 valence electrons. The van der Waals surface area contributed by atoms with Crippen LogP contribution >= 0.6 is 11.3 Å². The van der Waals surface area contributed by atoms with Crippen LogP contribution in [0.1, 0.15) is 23.8 Å². The first-order chi connectivity index (χ1) is 12.9. The molecule has 0 radical (unpaired) electrons. The Hall–Kier alpha value is -2.23. The van der Waals surface area contributed by atoms with Gasteiger partial charge >= 0.3 is 5.97 Å². The first-order valence-electron chi connectivity index (χ1n) is 8.55. The minimum Gasteiger partial charge on any atom is -0.480 e. The number of rotatable bonds is 5. The summed E-state index contributed by atoms with van der Waals surface area (Å²) in [6, 6.07) is 8.96. The second-order valence-corrected chi connectivity index (χ2v) is 9.51. The number of carbonyl (C=O) groups excluding carboxylic acids is 1. The van der Waals surface area contributed by atoms with E-state index in [-0.39, 0.29) is 16.8 Å². The summed E-state index contributed by atoms with van der Waals surface area (Å²) in [5.41, 5.74) is 0. The fraction of sp³-hybridized carbons (Fsp3) is 0.333. The maximum absolute atomic E-state index is 13.2. The largest absolute Gasteiger partial charge is 0.480 e. The zero-order valence-corrected chi connectivity index (χ0v) is 15.9. The van der Waals surface area contributed by atoms with Crippen LogP contribution in [0.2, 0.25) is 0 Å². The van der Waals surface area contributed by atoms with Crippen LogP contribution in [-0.4, -0.2) is 53.2 Å². The first kappa shape index (κ1) is 18.1. The molecule has 0 unspecified atom stereocenters. The third-order valence-electron chi connectivity index (χ3n) is 4.87. The summed E-state index contributed by atoms with van der Waals surface area (Å²) in [7, 11) is -4.13. The average Bonchev–Trinajstić information content (AvgIpc) is 3.34. The Morgan fingerprint density at radius 1 is 1.11 bits per heavy atom. The maximum atomic E-state index is 13.2. The van der Waals surface area contributed by atoms with Crippen LogP contribution in [0, 0.1) is 0 Å². The number of carboxylic acid groups (broad SMARTS) is 1. The van der Waals surface area contributed by atoms with Crippen molar-refractivity contribution >= 4 is 33.2 Å². The average molecular weight is 406 g/mol. The van der Waals surface area contributed by atoms with E-state index in [0.717, 1.165) is 17.1 Å². The number of amides is 1. The lowest BCUT2D eigenvalue weighted by molar-refractivity contribution is -0.153. The molecule has 0 spiro atoms. The third kappa shape index (κ3) is 3.15. The molecule has 0 bridgehead atoms. The molecule has 1 aromatic carbocycles. The molecule has 2 fully saturated rings. The fourth-order valence-electron chi connectivity index (χ4n) is 3.53. The second kappa shape index (κ2) is 6.74. The lowest BCUT2D eigenvalue weighted by Gasteiger charge is -2.44. The van der Waals surface area contributed by atoms with Gasteiger partial charge < -0.3 is 10.0 Å². The monoisotopic (exact) mass is 406 g/mol. The summed E-state index contributed by atoms with van der Waals surface area (Å²) < 4.78 is 27.1. The molecule has 1 amide bonds. The van der Waals surface area contributed by atoms with E-state index in [1.54, 1.807) is 40.6 Å². The quantitative estimate of drug-likeness (QED) is 0.819. The fourth-order valence-corrected chi connectivity index (χ4v) is 5.94. The van der Waals surface area contributed by atoms with Crippen molar-refractivity contribution in [2.24, 2.45) is 0 Å². The molecule has 1 aliphatic heterocycles. The third-order valence-corrected chi connectivity index (χ3v) is 7.65. The SMILES string of the molecule is O=C(O)[C@@H]1[C@@H](c2cccs2)N(C2CC2)C(=O)CN1S(=O)(=O)c1ccccc1. The molecule has 1 saturated heterocycles. The van der Waals surface area contributed by atoms with E-state index in [0.29, 0.717) is 4.88 Å². The van der Waals surface area contributed by atoms with E-state index in [4.69, 9.17) is 0 Å². The van der Waals surface area contributed by atoms with Crippen LogP contribution in [0.25, 0.3) is 0 Å². The zero-order chi connectivity index (χ0) is 19.2. The van der Waals surface area contributed by atoms with Gasteiger partial charge in [0.15, 0.2) is 0 Å². The van der Waals surface area contributed by atoms with Gasteiger partial charge in [-0.15, -0.1) is 11.3 Å². The highest BCUT2D eigenvalue weighted by molar-refractivity contribution is 7.89. The number of hydrogen-bond donors (Lipinski definition) is 1. The highest BCUT2D eigenvalue weighted by Gasteiger charge is 2.53. The van der Waals surface area contributed by atoms with Crippen LogP contribution in [0.5, 0.6) is 0 Å². The van der Waals surface area contributed by atoms with Gasteiger partial charge in [0, 0.05) is 10.9 Å². The Kier molecular flexibility index (Phi) is 4.53. The maximum Gasteiger partial charge on any atom is 0.324 e. The second-order valence-electron chi connectivity index (χ2n) is 6.64. The molecule has 1 aliphatic carbocycles. The zero-order valence-electron chi connectivity index (χ0n) is 14.3. The molecule has 4 rings (SSSR count). The van der Waals surface area contributed by atoms with Gasteiger partial charge in [-0.05, 0) is 36.4 Å². The number of nitrogens with zero attached hydrogens (tertiary/aromatic N) is 2. The number of aliphatic carboxylic acids is 1. The summed E-state index contributed by atoms with van der Waals surface area (Å²) in [5.74, 6) is -1.61. The number of benzene rings is 1. The van der Waals surface area contributed by atoms with Crippen LogP contribution < -0.4 is 0 Å².